The van der Waals surface area contributed by atoms with E-state index in [2.05, 4.69) is 15.5 Å². The van der Waals surface area contributed by atoms with Gasteiger partial charge in [0.2, 0.25) is 0 Å². The molecule has 1 aromatic rings. The number of carbonyl (C=O) groups excluding carboxylic acids is 1. The number of nitrogens with one attached hydrogen (secondary N) is 1. The number of hydrogen-bond acceptors (Lipinski definition) is 4. The molecule has 2 aliphatic rings. The van der Waals surface area contributed by atoms with Gasteiger partial charge in [0.05, 0.1) is 18.0 Å². The van der Waals surface area contributed by atoms with Crippen molar-refractivity contribution < 1.29 is 4.79 Å². The van der Waals surface area contributed by atoms with Gasteiger partial charge in [0.15, 0.2) is 0 Å². The fourth-order valence-electron chi connectivity index (χ4n) is 2.81. The Morgan fingerprint density at radius 3 is 3.12 bits per heavy atom. The Kier molecular flexibility index (Phi) is 2.76. The first-order valence-corrected chi connectivity index (χ1v) is 6.14. The van der Waals surface area contributed by atoms with E-state index in [1.54, 1.807) is 12.3 Å². The predicted molar refractivity (Wildman–Crippen MR) is 62.5 cm³/mol. The van der Waals surface area contributed by atoms with Gasteiger partial charge in [-0.2, -0.15) is 10.2 Å². The van der Waals surface area contributed by atoms with Crippen molar-refractivity contribution in [2.75, 3.05) is 19.6 Å². The fourth-order valence-corrected chi connectivity index (χ4v) is 2.81. The van der Waals surface area contributed by atoms with Gasteiger partial charge in [-0.3, -0.25) is 4.79 Å². The number of nitrogens with zero attached hydrogens (tertiary/aromatic N) is 3. The van der Waals surface area contributed by atoms with Crippen LogP contribution in [-0.2, 0) is 0 Å². The number of likely N-dealkylation sites (tertiary alicyclic amines) is 1. The van der Waals surface area contributed by atoms with Crippen LogP contribution in [0.25, 0.3) is 0 Å². The number of piperidine rings is 1. The van der Waals surface area contributed by atoms with Crippen LogP contribution in [0.15, 0.2) is 18.5 Å². The molecule has 1 aromatic heterocycles. The first kappa shape index (κ1) is 10.7. The average molecular weight is 232 g/mol. The van der Waals surface area contributed by atoms with Crippen molar-refractivity contribution in [3.05, 3.63) is 24.0 Å². The van der Waals surface area contributed by atoms with Crippen molar-refractivity contribution >= 4 is 5.91 Å². The van der Waals surface area contributed by atoms with Crippen molar-refractivity contribution in [3.63, 3.8) is 0 Å². The molecule has 0 unspecified atom stereocenters. The van der Waals surface area contributed by atoms with Crippen molar-refractivity contribution in [2.24, 2.45) is 5.92 Å². The fraction of sp³-hybridized carbons (Fsp3) is 0.583. The number of rotatable bonds is 1. The minimum absolute atomic E-state index is 0.0797. The predicted octanol–water partition coefficient (Wildman–Crippen LogP) is 0.301. The number of hydrogen-bond donors (Lipinski definition) is 1. The average Bonchev–Trinajstić information content (AvgIpc) is 2.82. The second-order valence-corrected chi connectivity index (χ2v) is 4.80. The highest BCUT2D eigenvalue weighted by Crippen LogP contribution is 2.25. The summed E-state index contributed by atoms with van der Waals surface area (Å²) in [5.41, 5.74) is 0.638. The van der Waals surface area contributed by atoms with Crippen molar-refractivity contribution in [1.82, 2.24) is 20.4 Å². The lowest BCUT2D eigenvalue weighted by atomic mass is 9.94. The van der Waals surface area contributed by atoms with Gasteiger partial charge in [0.1, 0.15) is 0 Å². The summed E-state index contributed by atoms with van der Waals surface area (Å²) in [6.45, 7) is 2.78. The Morgan fingerprint density at radius 1 is 1.41 bits per heavy atom. The molecule has 2 atom stereocenters. The topological polar surface area (TPSA) is 58.1 Å². The molecule has 0 spiro atoms. The van der Waals surface area contributed by atoms with E-state index < -0.39 is 0 Å². The molecule has 3 heterocycles. The van der Waals surface area contributed by atoms with Crippen LogP contribution >= 0.6 is 0 Å². The van der Waals surface area contributed by atoms with Crippen LogP contribution in [0.5, 0.6) is 0 Å². The van der Waals surface area contributed by atoms with Gasteiger partial charge in [0.25, 0.3) is 5.91 Å². The maximum absolute atomic E-state index is 12.2. The molecule has 1 N–H and O–H groups in total. The van der Waals surface area contributed by atoms with Crippen LogP contribution in [0.3, 0.4) is 0 Å². The number of aromatic nitrogens is 2. The van der Waals surface area contributed by atoms with Gasteiger partial charge < -0.3 is 10.2 Å². The van der Waals surface area contributed by atoms with Crippen LogP contribution < -0.4 is 5.32 Å². The van der Waals surface area contributed by atoms with Crippen molar-refractivity contribution in [2.45, 2.75) is 18.9 Å². The zero-order chi connectivity index (χ0) is 11.7. The number of carbonyl (C=O) groups is 1. The molecule has 2 saturated heterocycles. The smallest absolute Gasteiger partial charge is 0.255 e. The third-order valence-electron chi connectivity index (χ3n) is 3.72. The molecule has 90 valence electrons. The molecule has 0 bridgehead atoms. The third-order valence-corrected chi connectivity index (χ3v) is 3.72. The van der Waals surface area contributed by atoms with Crippen LogP contribution in [0.1, 0.15) is 23.2 Å². The standard InChI is InChI=1S/C12H16N4O/c17-12(9-3-5-14-15-6-9)16-7-10-2-1-4-13-11(10)8-16/h3,5-6,10-11,13H,1-2,4,7-8H2/t10-,11+/m0/s1. The minimum atomic E-state index is 0.0797. The van der Waals surface area contributed by atoms with E-state index in [9.17, 15) is 4.79 Å². The minimum Gasteiger partial charge on any atom is -0.337 e. The summed E-state index contributed by atoms with van der Waals surface area (Å²) in [5, 5.41) is 10.9. The van der Waals surface area contributed by atoms with E-state index >= 15 is 0 Å². The summed E-state index contributed by atoms with van der Waals surface area (Å²) in [4.78, 5) is 14.2. The van der Waals surface area contributed by atoms with E-state index in [0.717, 1.165) is 19.6 Å². The highest BCUT2D eigenvalue weighted by atomic mass is 16.2. The molecule has 5 heteroatoms. The van der Waals surface area contributed by atoms with Gasteiger partial charge in [0, 0.05) is 19.1 Å². The molecule has 17 heavy (non-hydrogen) atoms. The zero-order valence-corrected chi connectivity index (χ0v) is 9.67. The summed E-state index contributed by atoms with van der Waals surface area (Å²) in [6.07, 6.45) is 5.56. The Labute approximate surface area is 100 Å². The molecule has 5 nitrogen and oxygen atoms in total. The van der Waals surface area contributed by atoms with Gasteiger partial charge in [-0.1, -0.05) is 0 Å². The largest absolute Gasteiger partial charge is 0.337 e. The molecule has 2 fully saturated rings. The molecule has 0 aromatic carbocycles. The van der Waals surface area contributed by atoms with Crippen LogP contribution in [0.2, 0.25) is 0 Å². The number of amides is 1. The van der Waals surface area contributed by atoms with Gasteiger partial charge in [-0.15, -0.1) is 0 Å². The maximum Gasteiger partial charge on any atom is 0.255 e. The summed E-state index contributed by atoms with van der Waals surface area (Å²) < 4.78 is 0. The lowest BCUT2D eigenvalue weighted by Crippen LogP contribution is -2.41. The Hall–Kier alpha value is -1.49. The third kappa shape index (κ3) is 2.02. The lowest BCUT2D eigenvalue weighted by Gasteiger charge is -2.24. The molecular formula is C12H16N4O. The molecule has 3 rings (SSSR count). The molecule has 1 amide bonds. The summed E-state index contributed by atoms with van der Waals surface area (Å²) in [7, 11) is 0. The second-order valence-electron chi connectivity index (χ2n) is 4.80. The van der Waals surface area contributed by atoms with E-state index in [-0.39, 0.29) is 5.91 Å². The van der Waals surface area contributed by atoms with E-state index in [4.69, 9.17) is 0 Å². The SMILES string of the molecule is O=C(c1ccnnc1)N1C[C@@H]2CCCN[C@@H]2C1. The Bertz CT molecular complexity index is 394. The Morgan fingerprint density at radius 2 is 2.35 bits per heavy atom. The summed E-state index contributed by atoms with van der Waals surface area (Å²) >= 11 is 0. The molecule has 2 aliphatic heterocycles. The highest BCUT2D eigenvalue weighted by Gasteiger charge is 2.36. The van der Waals surface area contributed by atoms with Gasteiger partial charge in [-0.25, -0.2) is 0 Å². The summed E-state index contributed by atoms with van der Waals surface area (Å²) in [6, 6.07) is 2.22. The van der Waals surface area contributed by atoms with Gasteiger partial charge in [-0.05, 0) is 31.4 Å². The lowest BCUT2D eigenvalue weighted by molar-refractivity contribution is 0.0785. The second kappa shape index (κ2) is 4.41. The first-order valence-electron chi connectivity index (χ1n) is 6.14. The normalized spacial score (nSPS) is 27.9. The highest BCUT2D eigenvalue weighted by molar-refractivity contribution is 5.94. The zero-order valence-electron chi connectivity index (χ0n) is 9.67. The molecule has 0 saturated carbocycles. The van der Waals surface area contributed by atoms with Crippen LogP contribution in [0, 0.1) is 5.92 Å². The van der Waals surface area contributed by atoms with E-state index in [1.807, 2.05) is 4.90 Å². The Balaban J connectivity index is 1.72. The van der Waals surface area contributed by atoms with Crippen LogP contribution in [0.4, 0.5) is 0 Å². The molecule has 0 radical (unpaired) electrons. The monoisotopic (exact) mass is 232 g/mol. The quantitative estimate of drug-likeness (QED) is 0.756. The first-order chi connectivity index (χ1) is 8.34. The maximum atomic E-state index is 12.2. The van der Waals surface area contributed by atoms with Crippen LogP contribution in [-0.4, -0.2) is 46.7 Å². The van der Waals surface area contributed by atoms with Gasteiger partial charge >= 0.3 is 0 Å². The molecule has 0 aliphatic carbocycles. The van der Waals surface area contributed by atoms with Crippen molar-refractivity contribution in [1.29, 1.82) is 0 Å². The van der Waals surface area contributed by atoms with Crippen molar-refractivity contribution in [3.8, 4) is 0 Å². The summed E-state index contributed by atoms with van der Waals surface area (Å²) in [5.74, 6) is 0.707. The number of fused-ring (bicyclic) bond motifs is 1. The van der Waals surface area contributed by atoms with E-state index in [1.165, 1.54) is 19.0 Å². The molecular weight excluding hydrogens is 216 g/mol. The van der Waals surface area contributed by atoms with E-state index in [0.29, 0.717) is 17.5 Å².